The maximum atomic E-state index is 14.5. The molecule has 4 aromatic rings. The number of piperidine rings is 1. The zero-order chi connectivity index (χ0) is 28.5. The highest BCUT2D eigenvalue weighted by Crippen LogP contribution is 2.25. The number of ether oxygens (including phenoxy) is 2. The molecule has 10 nitrogen and oxygen atoms in total. The molecule has 0 aliphatic carbocycles. The van der Waals surface area contributed by atoms with Gasteiger partial charge in [0.25, 0.3) is 5.88 Å². The summed E-state index contributed by atoms with van der Waals surface area (Å²) in [6.07, 6.45) is 5.13. The zero-order valence-electron chi connectivity index (χ0n) is 22.2. The normalized spacial score (nSPS) is 18.0. The summed E-state index contributed by atoms with van der Waals surface area (Å²) in [6, 6.07) is 6.12. The third kappa shape index (κ3) is 6.14. The summed E-state index contributed by atoms with van der Waals surface area (Å²) in [5.41, 5.74) is 8.02. The maximum absolute atomic E-state index is 14.5. The van der Waals surface area contributed by atoms with Gasteiger partial charge in [-0.2, -0.15) is 9.37 Å². The van der Waals surface area contributed by atoms with Crippen LogP contribution in [0.2, 0.25) is 5.02 Å². The molecule has 1 aromatic carbocycles. The SMILES string of the molecule is N=C(N)c1cc2nc(CN3CCC(Oc4nc(Cc5ccc(Cl)cc5F)ncc4F)CC3)n(C[C@@H]3CCO3)c2cn1. The van der Waals surface area contributed by atoms with Crippen LogP contribution in [0.25, 0.3) is 11.0 Å². The molecule has 0 bridgehead atoms. The Morgan fingerprint density at radius 3 is 2.61 bits per heavy atom. The third-order valence-electron chi connectivity index (χ3n) is 7.47. The van der Waals surface area contributed by atoms with Crippen molar-refractivity contribution >= 4 is 28.5 Å². The van der Waals surface area contributed by atoms with E-state index in [1.54, 1.807) is 24.4 Å². The number of likely N-dealkylation sites (tertiary alicyclic amines) is 1. The molecule has 1 atom stereocenters. The lowest BCUT2D eigenvalue weighted by Crippen LogP contribution is -2.39. The Hall–Kier alpha value is -3.74. The molecular weight excluding hydrogens is 554 g/mol. The van der Waals surface area contributed by atoms with Crippen molar-refractivity contribution in [2.75, 3.05) is 19.7 Å². The van der Waals surface area contributed by atoms with Gasteiger partial charge in [-0.15, -0.1) is 0 Å². The molecule has 2 fully saturated rings. The van der Waals surface area contributed by atoms with Crippen molar-refractivity contribution in [2.24, 2.45) is 5.73 Å². The van der Waals surface area contributed by atoms with Crippen LogP contribution in [0.15, 0.2) is 36.7 Å². The fourth-order valence-electron chi connectivity index (χ4n) is 5.11. The second-order valence-electron chi connectivity index (χ2n) is 10.3. The molecule has 0 unspecified atom stereocenters. The van der Waals surface area contributed by atoms with Gasteiger partial charge >= 0.3 is 0 Å². The highest BCUT2D eigenvalue weighted by molar-refractivity contribution is 6.30. The number of nitrogens with one attached hydrogen (secondary N) is 1. The Morgan fingerprint density at radius 1 is 1.10 bits per heavy atom. The van der Waals surface area contributed by atoms with Crippen LogP contribution in [-0.4, -0.2) is 67.1 Å². The van der Waals surface area contributed by atoms with E-state index in [1.807, 2.05) is 0 Å². The number of aromatic nitrogens is 5. The molecule has 0 amide bonds. The van der Waals surface area contributed by atoms with Gasteiger partial charge < -0.3 is 19.8 Å². The van der Waals surface area contributed by atoms with Crippen molar-refractivity contribution < 1.29 is 18.3 Å². The zero-order valence-corrected chi connectivity index (χ0v) is 22.9. The predicted octanol–water partition coefficient (Wildman–Crippen LogP) is 3.86. The highest BCUT2D eigenvalue weighted by Gasteiger charge is 2.26. The summed E-state index contributed by atoms with van der Waals surface area (Å²) >= 11 is 5.83. The van der Waals surface area contributed by atoms with Crippen LogP contribution in [0, 0.1) is 17.0 Å². The van der Waals surface area contributed by atoms with Gasteiger partial charge in [-0.1, -0.05) is 17.7 Å². The summed E-state index contributed by atoms with van der Waals surface area (Å²) in [5, 5.41) is 8.00. The molecule has 13 heteroatoms. The molecule has 41 heavy (non-hydrogen) atoms. The monoisotopic (exact) mass is 582 g/mol. The molecule has 214 valence electrons. The van der Waals surface area contributed by atoms with Crippen molar-refractivity contribution in [3.63, 3.8) is 0 Å². The minimum atomic E-state index is -0.654. The van der Waals surface area contributed by atoms with E-state index in [1.165, 1.54) is 6.07 Å². The third-order valence-corrected chi connectivity index (χ3v) is 7.71. The first-order chi connectivity index (χ1) is 19.8. The van der Waals surface area contributed by atoms with Crippen molar-refractivity contribution in [2.45, 2.75) is 51.0 Å². The van der Waals surface area contributed by atoms with Crippen molar-refractivity contribution in [1.29, 1.82) is 5.41 Å². The number of nitrogens with two attached hydrogens (primary N) is 1. The lowest BCUT2D eigenvalue weighted by Gasteiger charge is -2.32. The molecule has 3 aromatic heterocycles. The van der Waals surface area contributed by atoms with E-state index < -0.39 is 11.6 Å². The van der Waals surface area contributed by atoms with E-state index in [0.717, 1.165) is 49.2 Å². The number of hydrogen-bond donors (Lipinski definition) is 2. The first kappa shape index (κ1) is 27.4. The average molecular weight is 583 g/mol. The van der Waals surface area contributed by atoms with Crippen LogP contribution in [0.5, 0.6) is 5.88 Å². The second-order valence-corrected chi connectivity index (χ2v) is 10.8. The smallest absolute Gasteiger partial charge is 0.254 e. The van der Waals surface area contributed by atoms with Crippen LogP contribution in [0.3, 0.4) is 0 Å². The highest BCUT2D eigenvalue weighted by atomic mass is 35.5. The predicted molar refractivity (Wildman–Crippen MR) is 148 cm³/mol. The topological polar surface area (TPSA) is 128 Å². The number of fused-ring (bicyclic) bond motifs is 1. The van der Waals surface area contributed by atoms with E-state index in [9.17, 15) is 8.78 Å². The Balaban J connectivity index is 1.11. The van der Waals surface area contributed by atoms with Gasteiger partial charge in [0.05, 0.1) is 42.6 Å². The molecule has 2 aliphatic rings. The number of hydrogen-bond acceptors (Lipinski definition) is 8. The second kappa shape index (κ2) is 11.6. The Bertz CT molecular complexity index is 1590. The molecule has 6 rings (SSSR count). The van der Waals surface area contributed by atoms with Crippen LogP contribution in [0.4, 0.5) is 8.78 Å². The average Bonchev–Trinajstić information content (AvgIpc) is 3.26. The molecule has 0 spiro atoms. The van der Waals surface area contributed by atoms with Crippen molar-refractivity contribution in [1.82, 2.24) is 29.4 Å². The summed E-state index contributed by atoms with van der Waals surface area (Å²) in [4.78, 5) is 19.7. The van der Waals surface area contributed by atoms with Gasteiger partial charge in [0.15, 0.2) is 0 Å². The summed E-state index contributed by atoms with van der Waals surface area (Å²) in [5.74, 6) is -0.200. The van der Waals surface area contributed by atoms with Crippen LogP contribution < -0.4 is 10.5 Å². The Kier molecular flexibility index (Phi) is 7.78. The molecule has 3 N–H and O–H groups in total. The molecule has 2 aliphatic heterocycles. The van der Waals surface area contributed by atoms with Gasteiger partial charge in [-0.3, -0.25) is 15.3 Å². The first-order valence-electron chi connectivity index (χ1n) is 13.5. The molecule has 5 heterocycles. The van der Waals surface area contributed by atoms with Gasteiger partial charge in [0, 0.05) is 31.1 Å². The minimum absolute atomic E-state index is 0.0917. The number of rotatable bonds is 9. The number of nitrogens with zero attached hydrogens (tertiary/aromatic N) is 6. The lowest BCUT2D eigenvalue weighted by molar-refractivity contribution is -0.0592. The van der Waals surface area contributed by atoms with Gasteiger partial charge in [-0.25, -0.2) is 14.4 Å². The first-order valence-corrected chi connectivity index (χ1v) is 13.9. The minimum Gasteiger partial charge on any atom is -0.472 e. The number of benzene rings is 1. The molecule has 2 saturated heterocycles. The molecule has 0 saturated carbocycles. The molecular formula is C28H29ClF2N8O2. The largest absolute Gasteiger partial charge is 0.472 e. The van der Waals surface area contributed by atoms with Crippen molar-refractivity contribution in [3.05, 3.63) is 76.2 Å². The van der Waals surface area contributed by atoms with E-state index >= 15 is 0 Å². The summed E-state index contributed by atoms with van der Waals surface area (Å²) in [7, 11) is 0. The Labute approximate surface area is 240 Å². The van der Waals surface area contributed by atoms with Crippen LogP contribution >= 0.6 is 11.6 Å². The standard InChI is InChI=1S/C28H29ClF2N8O2/c29-17-2-1-16(20(30)10-17)9-25-35-12-21(31)28(37-25)41-18-3-6-38(7-4-18)15-26-36-22-11-23(27(32)33)34-13-24(22)39(26)14-19-5-8-40-19/h1-2,10-13,18-19H,3-9,14-15H2,(H3,32,33)/t19-/m0/s1. The number of halogens is 3. The fraction of sp³-hybridized carbons (Fsp3) is 0.393. The molecule has 0 radical (unpaired) electrons. The van der Waals surface area contributed by atoms with Gasteiger partial charge in [0.1, 0.15) is 35.1 Å². The maximum Gasteiger partial charge on any atom is 0.254 e. The number of amidine groups is 1. The number of imidazole rings is 1. The van der Waals surface area contributed by atoms with Crippen LogP contribution in [-0.2, 0) is 24.2 Å². The fourth-order valence-corrected chi connectivity index (χ4v) is 5.27. The lowest BCUT2D eigenvalue weighted by atomic mass is 10.1. The number of pyridine rings is 1. The van der Waals surface area contributed by atoms with Crippen LogP contribution in [0.1, 0.15) is 42.2 Å². The Morgan fingerprint density at radius 2 is 1.90 bits per heavy atom. The van der Waals surface area contributed by atoms with Gasteiger partial charge in [0.2, 0.25) is 5.82 Å². The van der Waals surface area contributed by atoms with E-state index in [4.69, 9.17) is 37.2 Å². The number of nitrogen functional groups attached to an aromatic ring is 1. The van der Waals surface area contributed by atoms with E-state index in [0.29, 0.717) is 42.2 Å². The van der Waals surface area contributed by atoms with E-state index in [-0.39, 0.29) is 36.2 Å². The quantitative estimate of drug-likeness (QED) is 0.225. The summed E-state index contributed by atoms with van der Waals surface area (Å²) in [6.45, 7) is 3.50. The van der Waals surface area contributed by atoms with Crippen molar-refractivity contribution in [3.8, 4) is 5.88 Å². The van der Waals surface area contributed by atoms with E-state index in [2.05, 4.69) is 24.4 Å². The van der Waals surface area contributed by atoms with Gasteiger partial charge in [-0.05, 0) is 43.0 Å². The summed E-state index contributed by atoms with van der Waals surface area (Å²) < 4.78 is 42.5.